The summed E-state index contributed by atoms with van der Waals surface area (Å²) in [5, 5.41) is 13.5. The monoisotopic (exact) mass is 336 g/mol. The number of carbonyl (C=O) groups is 3. The molecule has 2 amide bonds. The van der Waals surface area contributed by atoms with E-state index in [4.69, 9.17) is 5.11 Å². The van der Waals surface area contributed by atoms with Crippen LogP contribution in [0.3, 0.4) is 0 Å². The number of carbonyl (C=O) groups excluding carboxylic acids is 2. The van der Waals surface area contributed by atoms with Gasteiger partial charge in [-0.15, -0.1) is 0 Å². The number of halogens is 1. The van der Waals surface area contributed by atoms with E-state index in [0.29, 0.717) is 6.42 Å². The molecule has 1 aliphatic carbocycles. The number of rotatable bonds is 7. The Hall–Kier alpha value is -2.44. The van der Waals surface area contributed by atoms with Crippen LogP contribution >= 0.6 is 0 Å². The molecule has 1 aromatic rings. The molecule has 0 aromatic heterocycles. The van der Waals surface area contributed by atoms with Crippen molar-refractivity contribution in [2.45, 2.75) is 32.1 Å². The molecule has 24 heavy (non-hydrogen) atoms. The number of amides is 2. The average Bonchev–Trinajstić information content (AvgIpc) is 3.09. The van der Waals surface area contributed by atoms with Gasteiger partial charge in [0.2, 0.25) is 11.8 Å². The average molecular weight is 336 g/mol. The van der Waals surface area contributed by atoms with Crippen LogP contribution in [0, 0.1) is 11.2 Å². The van der Waals surface area contributed by atoms with E-state index in [1.165, 1.54) is 12.1 Å². The van der Waals surface area contributed by atoms with E-state index in [1.807, 2.05) is 13.8 Å². The molecular formula is C17H21FN2O4. The molecule has 0 spiro atoms. The van der Waals surface area contributed by atoms with Crippen LogP contribution in [-0.2, 0) is 19.8 Å². The van der Waals surface area contributed by atoms with Crippen molar-refractivity contribution in [2.75, 3.05) is 13.1 Å². The third kappa shape index (κ3) is 3.55. The molecule has 1 fully saturated rings. The molecule has 2 rings (SSSR count). The van der Waals surface area contributed by atoms with E-state index in [-0.39, 0.29) is 36.6 Å². The predicted octanol–water partition coefficient (Wildman–Crippen LogP) is 1.20. The molecule has 1 aromatic carbocycles. The van der Waals surface area contributed by atoms with Gasteiger partial charge in [0.15, 0.2) is 0 Å². The lowest BCUT2D eigenvalue weighted by molar-refractivity contribution is -0.137. The van der Waals surface area contributed by atoms with Crippen molar-refractivity contribution in [3.8, 4) is 0 Å². The van der Waals surface area contributed by atoms with Crippen LogP contribution in [0.15, 0.2) is 24.3 Å². The van der Waals surface area contributed by atoms with Crippen molar-refractivity contribution in [3.63, 3.8) is 0 Å². The molecule has 1 atom stereocenters. The molecule has 3 N–H and O–H groups in total. The van der Waals surface area contributed by atoms with Gasteiger partial charge in [-0.3, -0.25) is 14.4 Å². The first-order valence-electron chi connectivity index (χ1n) is 7.72. The van der Waals surface area contributed by atoms with Crippen LogP contribution in [0.25, 0.3) is 0 Å². The van der Waals surface area contributed by atoms with E-state index in [0.717, 1.165) is 5.56 Å². The molecule has 0 radical (unpaired) electrons. The quantitative estimate of drug-likeness (QED) is 0.697. The zero-order chi connectivity index (χ0) is 18.0. The van der Waals surface area contributed by atoms with Crippen molar-refractivity contribution in [3.05, 3.63) is 35.6 Å². The minimum absolute atomic E-state index is 0.0125. The molecule has 1 aliphatic rings. The fourth-order valence-corrected chi connectivity index (χ4v) is 3.05. The van der Waals surface area contributed by atoms with Crippen molar-refractivity contribution >= 4 is 17.8 Å². The summed E-state index contributed by atoms with van der Waals surface area (Å²) in [5.74, 6) is -2.11. The van der Waals surface area contributed by atoms with Gasteiger partial charge in [-0.05, 0) is 29.5 Å². The third-order valence-electron chi connectivity index (χ3n) is 4.53. The Balaban J connectivity index is 1.98. The van der Waals surface area contributed by atoms with Gasteiger partial charge in [0.05, 0.1) is 18.4 Å². The summed E-state index contributed by atoms with van der Waals surface area (Å²) >= 11 is 0. The standard InChI is InChI=1S/C17H21FN2O4/c1-16(2)10-17(16,11-3-5-12(18)6-4-11)15(24)20-9-13(21)19-8-7-14(22)23/h3-6H,7-10H2,1-2H3,(H,19,21)(H,20,24)(H,22,23). The topological polar surface area (TPSA) is 95.5 Å². The highest BCUT2D eigenvalue weighted by Crippen LogP contribution is 2.64. The molecule has 0 bridgehead atoms. The second-order valence-electron chi connectivity index (χ2n) is 6.65. The fraction of sp³-hybridized carbons (Fsp3) is 0.471. The lowest BCUT2D eigenvalue weighted by atomic mass is 9.87. The maximum Gasteiger partial charge on any atom is 0.305 e. The first-order valence-corrected chi connectivity index (χ1v) is 7.72. The van der Waals surface area contributed by atoms with Gasteiger partial charge in [-0.1, -0.05) is 26.0 Å². The lowest BCUT2D eigenvalue weighted by Gasteiger charge is -2.20. The molecule has 7 heteroatoms. The fourth-order valence-electron chi connectivity index (χ4n) is 3.05. The molecule has 0 aliphatic heterocycles. The Morgan fingerprint density at radius 3 is 2.25 bits per heavy atom. The number of hydrogen-bond acceptors (Lipinski definition) is 3. The predicted molar refractivity (Wildman–Crippen MR) is 84.7 cm³/mol. The minimum atomic E-state index is -1.01. The number of benzene rings is 1. The Labute approximate surface area is 139 Å². The smallest absolute Gasteiger partial charge is 0.305 e. The van der Waals surface area contributed by atoms with E-state index >= 15 is 0 Å². The van der Waals surface area contributed by atoms with Gasteiger partial charge < -0.3 is 15.7 Å². The summed E-state index contributed by atoms with van der Waals surface area (Å²) in [4.78, 5) is 34.7. The number of carboxylic acid groups (broad SMARTS) is 1. The maximum absolute atomic E-state index is 13.1. The molecular weight excluding hydrogens is 315 g/mol. The third-order valence-corrected chi connectivity index (χ3v) is 4.53. The van der Waals surface area contributed by atoms with Gasteiger partial charge in [-0.2, -0.15) is 0 Å². The van der Waals surface area contributed by atoms with Crippen LogP contribution in [-0.4, -0.2) is 36.0 Å². The van der Waals surface area contributed by atoms with Crippen molar-refractivity contribution in [1.29, 1.82) is 0 Å². The first kappa shape index (κ1) is 17.9. The summed E-state index contributed by atoms with van der Waals surface area (Å²) in [6.45, 7) is 3.68. The van der Waals surface area contributed by atoms with E-state index in [2.05, 4.69) is 10.6 Å². The summed E-state index contributed by atoms with van der Waals surface area (Å²) in [5.41, 5.74) is -0.339. The molecule has 0 saturated heterocycles. The van der Waals surface area contributed by atoms with Crippen molar-refractivity contribution in [2.24, 2.45) is 5.41 Å². The zero-order valence-electron chi connectivity index (χ0n) is 13.7. The largest absolute Gasteiger partial charge is 0.481 e. The Bertz CT molecular complexity index is 657. The Morgan fingerprint density at radius 2 is 1.75 bits per heavy atom. The van der Waals surface area contributed by atoms with Gasteiger partial charge in [0, 0.05) is 6.54 Å². The van der Waals surface area contributed by atoms with E-state index in [9.17, 15) is 18.8 Å². The lowest BCUT2D eigenvalue weighted by Crippen LogP contribution is -2.43. The summed E-state index contributed by atoms with van der Waals surface area (Å²) in [6, 6.07) is 5.82. The van der Waals surface area contributed by atoms with Gasteiger partial charge >= 0.3 is 5.97 Å². The molecule has 1 unspecified atom stereocenters. The highest BCUT2D eigenvalue weighted by molar-refractivity contribution is 5.95. The van der Waals surface area contributed by atoms with Crippen molar-refractivity contribution < 1.29 is 23.9 Å². The van der Waals surface area contributed by atoms with Crippen LogP contribution in [0.5, 0.6) is 0 Å². The maximum atomic E-state index is 13.1. The van der Waals surface area contributed by atoms with E-state index in [1.54, 1.807) is 12.1 Å². The SMILES string of the molecule is CC1(C)CC1(C(=O)NCC(=O)NCCC(=O)O)c1ccc(F)cc1. The molecule has 0 heterocycles. The minimum Gasteiger partial charge on any atom is -0.481 e. The second kappa shape index (κ2) is 6.59. The molecule has 130 valence electrons. The normalized spacial score (nSPS) is 21.0. The van der Waals surface area contributed by atoms with E-state index < -0.39 is 17.3 Å². The molecule has 6 nitrogen and oxygen atoms in total. The van der Waals surface area contributed by atoms with Crippen LogP contribution < -0.4 is 10.6 Å². The summed E-state index contributed by atoms with van der Waals surface area (Å²) in [7, 11) is 0. The summed E-state index contributed by atoms with van der Waals surface area (Å²) in [6.07, 6.45) is 0.435. The zero-order valence-corrected chi connectivity index (χ0v) is 13.7. The Morgan fingerprint density at radius 1 is 1.17 bits per heavy atom. The Kier molecular flexibility index (Phi) is 4.91. The second-order valence-corrected chi connectivity index (χ2v) is 6.65. The van der Waals surface area contributed by atoms with Crippen molar-refractivity contribution in [1.82, 2.24) is 10.6 Å². The number of carboxylic acids is 1. The van der Waals surface area contributed by atoms with Gasteiger partial charge in [0.25, 0.3) is 0 Å². The number of nitrogens with one attached hydrogen (secondary N) is 2. The van der Waals surface area contributed by atoms with Gasteiger partial charge in [-0.25, -0.2) is 4.39 Å². The first-order chi connectivity index (χ1) is 11.2. The molecule has 1 saturated carbocycles. The van der Waals surface area contributed by atoms with Crippen LogP contribution in [0.2, 0.25) is 0 Å². The van der Waals surface area contributed by atoms with Crippen LogP contribution in [0.4, 0.5) is 4.39 Å². The van der Waals surface area contributed by atoms with Gasteiger partial charge in [0.1, 0.15) is 5.82 Å². The van der Waals surface area contributed by atoms with Crippen LogP contribution in [0.1, 0.15) is 32.3 Å². The summed E-state index contributed by atoms with van der Waals surface area (Å²) < 4.78 is 13.1. The number of hydrogen-bond donors (Lipinski definition) is 3. The highest BCUT2D eigenvalue weighted by atomic mass is 19.1. The number of aliphatic carboxylic acids is 1. The highest BCUT2D eigenvalue weighted by Gasteiger charge is 2.67.